The number of para-hydroxylation sites is 1. The minimum Gasteiger partial charge on any atom is -0.493 e. The average Bonchev–Trinajstić information content (AvgIpc) is 2.47. The van der Waals surface area contributed by atoms with E-state index in [0.29, 0.717) is 5.92 Å². The molecule has 0 aromatic heterocycles. The van der Waals surface area contributed by atoms with Crippen LogP contribution in [0.2, 0.25) is 0 Å². The minimum atomic E-state index is 0.554. The lowest BCUT2D eigenvalue weighted by molar-refractivity contribution is 0.272. The lowest BCUT2D eigenvalue weighted by Crippen LogP contribution is -2.23. The fraction of sp³-hybridized carbons (Fsp3) is 0.333. The zero-order chi connectivity index (χ0) is 13.8. The smallest absolute Gasteiger partial charge is 0.123 e. The first-order valence-corrected chi connectivity index (χ1v) is 7.37. The van der Waals surface area contributed by atoms with Gasteiger partial charge in [0.25, 0.3) is 0 Å². The van der Waals surface area contributed by atoms with E-state index in [1.54, 1.807) is 0 Å². The molecule has 1 unspecified atom stereocenters. The molecule has 1 aliphatic carbocycles. The summed E-state index contributed by atoms with van der Waals surface area (Å²) in [5.41, 5.74) is 4.17. The van der Waals surface area contributed by atoms with Crippen LogP contribution in [0.1, 0.15) is 29.5 Å². The van der Waals surface area contributed by atoms with E-state index < -0.39 is 0 Å². The molecule has 1 aliphatic rings. The van der Waals surface area contributed by atoms with Crippen LogP contribution in [0.25, 0.3) is 0 Å². The number of rotatable bonds is 6. The third kappa shape index (κ3) is 2.70. The highest BCUT2D eigenvalue weighted by Crippen LogP contribution is 2.35. The normalized spacial score (nSPS) is 16.4. The molecule has 0 saturated carbocycles. The van der Waals surface area contributed by atoms with Crippen LogP contribution < -0.4 is 10.1 Å². The number of ether oxygens (including phenoxy) is 1. The fourth-order valence-corrected chi connectivity index (χ4v) is 2.75. The minimum absolute atomic E-state index is 0.554. The molecule has 3 rings (SSSR count). The van der Waals surface area contributed by atoms with Crippen LogP contribution in [0.5, 0.6) is 5.75 Å². The molecule has 20 heavy (non-hydrogen) atoms. The van der Waals surface area contributed by atoms with E-state index >= 15 is 0 Å². The summed E-state index contributed by atoms with van der Waals surface area (Å²) in [7, 11) is 0. The fourth-order valence-electron chi connectivity index (χ4n) is 2.75. The number of hydrogen-bond acceptors (Lipinski definition) is 2. The van der Waals surface area contributed by atoms with Crippen molar-refractivity contribution in [3.05, 3.63) is 65.2 Å². The van der Waals surface area contributed by atoms with Crippen molar-refractivity contribution in [3.63, 3.8) is 0 Å². The first-order chi connectivity index (χ1) is 9.88. The molecule has 0 spiro atoms. The van der Waals surface area contributed by atoms with Gasteiger partial charge in [0, 0.05) is 18.0 Å². The molecule has 104 valence electrons. The Labute approximate surface area is 120 Å². The van der Waals surface area contributed by atoms with Gasteiger partial charge in [-0.15, -0.1) is 0 Å². The van der Waals surface area contributed by atoms with E-state index in [-0.39, 0.29) is 0 Å². The van der Waals surface area contributed by atoms with Crippen LogP contribution in [0, 0.1) is 0 Å². The van der Waals surface area contributed by atoms with Gasteiger partial charge >= 0.3 is 0 Å². The summed E-state index contributed by atoms with van der Waals surface area (Å²) in [6.07, 6.45) is 1.14. The van der Waals surface area contributed by atoms with E-state index in [4.69, 9.17) is 4.74 Å². The molecular weight excluding hydrogens is 246 g/mol. The molecule has 1 N–H and O–H groups in total. The second-order valence-electron chi connectivity index (χ2n) is 5.30. The standard InChI is InChI=1S/C18H21NO/c1-2-19-12-15-8-4-6-10-18(15)20-13-16-11-14-7-3-5-9-17(14)16/h3-10,16,19H,2,11-13H2,1H3. The van der Waals surface area contributed by atoms with Crippen LogP contribution in [0.4, 0.5) is 0 Å². The second kappa shape index (κ2) is 6.10. The third-order valence-electron chi connectivity index (χ3n) is 3.94. The molecule has 0 amide bonds. The van der Waals surface area contributed by atoms with Crippen molar-refractivity contribution in [1.29, 1.82) is 0 Å². The number of fused-ring (bicyclic) bond motifs is 1. The van der Waals surface area contributed by atoms with Crippen molar-refractivity contribution < 1.29 is 4.74 Å². The van der Waals surface area contributed by atoms with Crippen LogP contribution in [-0.2, 0) is 13.0 Å². The van der Waals surface area contributed by atoms with Crippen molar-refractivity contribution in [2.75, 3.05) is 13.2 Å². The Morgan fingerprint density at radius 3 is 2.75 bits per heavy atom. The van der Waals surface area contributed by atoms with E-state index in [1.165, 1.54) is 16.7 Å². The van der Waals surface area contributed by atoms with Gasteiger partial charge in [-0.3, -0.25) is 0 Å². The van der Waals surface area contributed by atoms with Crippen LogP contribution >= 0.6 is 0 Å². The zero-order valence-corrected chi connectivity index (χ0v) is 11.9. The summed E-state index contributed by atoms with van der Waals surface area (Å²) in [4.78, 5) is 0. The van der Waals surface area contributed by atoms with Gasteiger partial charge < -0.3 is 10.1 Å². The Hall–Kier alpha value is -1.80. The number of nitrogens with one attached hydrogen (secondary N) is 1. The van der Waals surface area contributed by atoms with Crippen molar-refractivity contribution in [1.82, 2.24) is 5.32 Å². The monoisotopic (exact) mass is 267 g/mol. The Morgan fingerprint density at radius 1 is 1.10 bits per heavy atom. The number of benzene rings is 2. The maximum Gasteiger partial charge on any atom is 0.123 e. The molecule has 0 aliphatic heterocycles. The lowest BCUT2D eigenvalue weighted by atomic mass is 9.78. The molecule has 0 fully saturated rings. The summed E-state index contributed by atoms with van der Waals surface area (Å²) in [5.74, 6) is 1.57. The highest BCUT2D eigenvalue weighted by Gasteiger charge is 2.25. The van der Waals surface area contributed by atoms with Crippen molar-refractivity contribution in [2.24, 2.45) is 0 Å². The first-order valence-electron chi connectivity index (χ1n) is 7.37. The van der Waals surface area contributed by atoms with E-state index in [0.717, 1.165) is 31.9 Å². The van der Waals surface area contributed by atoms with Gasteiger partial charge in [-0.1, -0.05) is 49.4 Å². The largest absolute Gasteiger partial charge is 0.493 e. The van der Waals surface area contributed by atoms with Gasteiger partial charge in [-0.2, -0.15) is 0 Å². The van der Waals surface area contributed by atoms with Crippen LogP contribution in [-0.4, -0.2) is 13.2 Å². The predicted octanol–water partition coefficient (Wildman–Crippen LogP) is 3.51. The molecule has 0 saturated heterocycles. The van der Waals surface area contributed by atoms with E-state index in [1.807, 2.05) is 6.07 Å². The van der Waals surface area contributed by atoms with Crippen molar-refractivity contribution >= 4 is 0 Å². The third-order valence-corrected chi connectivity index (χ3v) is 3.94. The Bertz CT molecular complexity index is 579. The lowest BCUT2D eigenvalue weighted by Gasteiger charge is -2.30. The highest BCUT2D eigenvalue weighted by atomic mass is 16.5. The Balaban J connectivity index is 1.62. The molecular formula is C18H21NO. The van der Waals surface area contributed by atoms with Gasteiger partial charge in [-0.05, 0) is 30.2 Å². The maximum absolute atomic E-state index is 6.05. The van der Waals surface area contributed by atoms with E-state index in [2.05, 4.69) is 54.7 Å². The maximum atomic E-state index is 6.05. The second-order valence-corrected chi connectivity index (χ2v) is 5.30. The molecule has 2 aromatic carbocycles. The highest BCUT2D eigenvalue weighted by molar-refractivity contribution is 5.40. The van der Waals surface area contributed by atoms with E-state index in [9.17, 15) is 0 Å². The summed E-state index contributed by atoms with van der Waals surface area (Å²) in [6.45, 7) is 4.74. The van der Waals surface area contributed by atoms with Crippen LogP contribution in [0.15, 0.2) is 48.5 Å². The van der Waals surface area contributed by atoms with Crippen molar-refractivity contribution in [3.8, 4) is 5.75 Å². The summed E-state index contributed by atoms with van der Waals surface area (Å²) >= 11 is 0. The van der Waals surface area contributed by atoms with Gasteiger partial charge in [0.05, 0.1) is 6.61 Å². The number of hydrogen-bond donors (Lipinski definition) is 1. The molecule has 0 heterocycles. The topological polar surface area (TPSA) is 21.3 Å². The Kier molecular flexibility index (Phi) is 4.03. The molecule has 1 atom stereocenters. The zero-order valence-electron chi connectivity index (χ0n) is 11.9. The van der Waals surface area contributed by atoms with Gasteiger partial charge in [-0.25, -0.2) is 0 Å². The van der Waals surface area contributed by atoms with Crippen LogP contribution in [0.3, 0.4) is 0 Å². The molecule has 2 aromatic rings. The molecule has 0 radical (unpaired) electrons. The quantitative estimate of drug-likeness (QED) is 0.864. The SMILES string of the molecule is CCNCc1ccccc1OCC1Cc2ccccc21. The van der Waals surface area contributed by atoms with Gasteiger partial charge in [0.2, 0.25) is 0 Å². The summed E-state index contributed by atoms with van der Waals surface area (Å²) in [5, 5.41) is 3.36. The Morgan fingerprint density at radius 2 is 1.90 bits per heavy atom. The van der Waals surface area contributed by atoms with Gasteiger partial charge in [0.1, 0.15) is 5.75 Å². The van der Waals surface area contributed by atoms with Crippen molar-refractivity contribution in [2.45, 2.75) is 25.8 Å². The molecule has 2 heteroatoms. The summed E-state index contributed by atoms with van der Waals surface area (Å²) in [6, 6.07) is 17.0. The van der Waals surface area contributed by atoms with Gasteiger partial charge in [0.15, 0.2) is 0 Å². The molecule has 0 bridgehead atoms. The first kappa shape index (κ1) is 13.2. The average molecular weight is 267 g/mol. The summed E-state index contributed by atoms with van der Waals surface area (Å²) < 4.78 is 6.05. The molecule has 2 nitrogen and oxygen atoms in total. The predicted molar refractivity (Wildman–Crippen MR) is 82.2 cm³/mol.